The van der Waals surface area contributed by atoms with E-state index in [0.29, 0.717) is 5.56 Å². The fourth-order valence-corrected chi connectivity index (χ4v) is 2.56. The molecule has 0 radical (unpaired) electrons. The molecule has 0 aliphatic heterocycles. The normalized spacial score (nSPS) is 13.1. The summed E-state index contributed by atoms with van der Waals surface area (Å²) in [4.78, 5) is 12.6. The van der Waals surface area contributed by atoms with E-state index in [2.05, 4.69) is 11.4 Å². The highest BCUT2D eigenvalue weighted by Gasteiger charge is 2.24. The molecule has 1 N–H and O–H groups in total. The van der Waals surface area contributed by atoms with Crippen molar-refractivity contribution in [1.82, 2.24) is 5.32 Å². The van der Waals surface area contributed by atoms with Crippen molar-refractivity contribution >= 4 is 5.91 Å². The van der Waals surface area contributed by atoms with Gasteiger partial charge in [0, 0.05) is 0 Å². The van der Waals surface area contributed by atoms with Crippen LogP contribution in [0.3, 0.4) is 0 Å². The van der Waals surface area contributed by atoms with E-state index in [4.69, 9.17) is 10.00 Å². The van der Waals surface area contributed by atoms with Crippen LogP contribution >= 0.6 is 0 Å². The van der Waals surface area contributed by atoms with E-state index in [-0.39, 0.29) is 30.3 Å². The Morgan fingerprint density at radius 3 is 2.27 bits per heavy atom. The van der Waals surface area contributed by atoms with E-state index >= 15 is 0 Å². The zero-order valence-corrected chi connectivity index (χ0v) is 15.2. The average molecular weight is 354 g/mol. The molecule has 136 valence electrons. The molecule has 0 spiro atoms. The van der Waals surface area contributed by atoms with Gasteiger partial charge >= 0.3 is 0 Å². The molecular formula is C21H23FN2O2. The van der Waals surface area contributed by atoms with Crippen molar-refractivity contribution in [3.05, 3.63) is 71.0 Å². The molecule has 0 aliphatic rings. The second kappa shape index (κ2) is 9.12. The number of nitrogens with one attached hydrogen (secondary N) is 1. The highest BCUT2D eigenvalue weighted by molar-refractivity contribution is 5.81. The minimum atomic E-state index is -0.610. The van der Waals surface area contributed by atoms with E-state index in [9.17, 15) is 9.18 Å². The van der Waals surface area contributed by atoms with Gasteiger partial charge in [0.15, 0.2) is 0 Å². The highest BCUT2D eigenvalue weighted by Crippen LogP contribution is 2.16. The van der Waals surface area contributed by atoms with Gasteiger partial charge in [-0.1, -0.05) is 38.1 Å². The third-order valence-electron chi connectivity index (χ3n) is 4.11. The lowest BCUT2D eigenvalue weighted by atomic mass is 10.0. The van der Waals surface area contributed by atoms with Crippen molar-refractivity contribution in [1.29, 1.82) is 5.26 Å². The first-order valence-electron chi connectivity index (χ1n) is 8.57. The Morgan fingerprint density at radius 1 is 1.12 bits per heavy atom. The SMILES string of the molecule is CC(NC(=O)C(OCc1ccc(F)cc1)C(C)C)c1ccc(C#N)cc1. The van der Waals surface area contributed by atoms with Gasteiger partial charge < -0.3 is 10.1 Å². The number of hydrogen-bond donors (Lipinski definition) is 1. The summed E-state index contributed by atoms with van der Waals surface area (Å²) in [5, 5.41) is 11.8. The molecule has 0 aliphatic carbocycles. The minimum absolute atomic E-state index is 0.0105. The van der Waals surface area contributed by atoms with Crippen molar-refractivity contribution in [3.8, 4) is 6.07 Å². The van der Waals surface area contributed by atoms with Crippen LogP contribution in [0.1, 0.15) is 43.5 Å². The zero-order chi connectivity index (χ0) is 19.1. The number of carbonyl (C=O) groups excluding carboxylic acids is 1. The number of halogens is 1. The Morgan fingerprint density at radius 2 is 1.73 bits per heavy atom. The molecule has 0 saturated heterocycles. The van der Waals surface area contributed by atoms with Crippen LogP contribution < -0.4 is 5.32 Å². The molecule has 1 amide bonds. The molecule has 2 aromatic carbocycles. The monoisotopic (exact) mass is 354 g/mol. The number of amides is 1. The molecule has 0 aromatic heterocycles. The van der Waals surface area contributed by atoms with E-state index in [1.165, 1.54) is 12.1 Å². The summed E-state index contributed by atoms with van der Waals surface area (Å²) in [6.45, 7) is 5.96. The van der Waals surface area contributed by atoms with Gasteiger partial charge in [0.1, 0.15) is 11.9 Å². The smallest absolute Gasteiger partial charge is 0.249 e. The summed E-state index contributed by atoms with van der Waals surface area (Å²) in [6.07, 6.45) is -0.610. The lowest BCUT2D eigenvalue weighted by Gasteiger charge is -2.23. The predicted molar refractivity (Wildman–Crippen MR) is 97.5 cm³/mol. The molecule has 0 saturated carbocycles. The van der Waals surface area contributed by atoms with E-state index in [1.54, 1.807) is 24.3 Å². The van der Waals surface area contributed by atoms with Crippen LogP contribution in [0.5, 0.6) is 0 Å². The first kappa shape index (κ1) is 19.6. The van der Waals surface area contributed by atoms with Gasteiger partial charge in [0.25, 0.3) is 0 Å². The Balaban J connectivity index is 1.98. The van der Waals surface area contributed by atoms with Crippen LogP contribution in [-0.4, -0.2) is 12.0 Å². The lowest BCUT2D eigenvalue weighted by molar-refractivity contribution is -0.137. The van der Waals surface area contributed by atoms with E-state index in [1.807, 2.05) is 32.9 Å². The first-order chi connectivity index (χ1) is 12.4. The summed E-state index contributed by atoms with van der Waals surface area (Å²) >= 11 is 0. The van der Waals surface area contributed by atoms with Gasteiger partial charge in [0.2, 0.25) is 5.91 Å². The number of ether oxygens (including phenoxy) is 1. The van der Waals surface area contributed by atoms with Crippen molar-refractivity contribution in [3.63, 3.8) is 0 Å². The lowest BCUT2D eigenvalue weighted by Crippen LogP contribution is -2.40. The summed E-state index contributed by atoms with van der Waals surface area (Å²) in [5.74, 6) is -0.509. The second-order valence-corrected chi connectivity index (χ2v) is 6.57. The molecule has 2 unspecified atom stereocenters. The van der Waals surface area contributed by atoms with Crippen LogP contribution in [0, 0.1) is 23.1 Å². The fraction of sp³-hybridized carbons (Fsp3) is 0.333. The molecule has 0 fully saturated rings. The molecule has 5 heteroatoms. The standard InChI is InChI=1S/C21H23FN2O2/c1-14(2)20(26-13-17-6-10-19(22)11-7-17)21(25)24-15(3)18-8-4-16(12-23)5-9-18/h4-11,14-15,20H,13H2,1-3H3,(H,24,25). The number of nitrogens with zero attached hydrogens (tertiary/aromatic N) is 1. The maximum Gasteiger partial charge on any atom is 0.249 e. The third-order valence-corrected chi connectivity index (χ3v) is 4.11. The quantitative estimate of drug-likeness (QED) is 0.814. The summed E-state index contributed by atoms with van der Waals surface area (Å²) < 4.78 is 18.8. The zero-order valence-electron chi connectivity index (χ0n) is 15.2. The van der Waals surface area contributed by atoms with Crippen molar-refractivity contribution in [2.75, 3.05) is 0 Å². The van der Waals surface area contributed by atoms with Gasteiger partial charge in [-0.2, -0.15) is 5.26 Å². The number of carbonyl (C=O) groups is 1. The Kier molecular flexibility index (Phi) is 6.88. The van der Waals surface area contributed by atoms with Crippen LogP contribution in [-0.2, 0) is 16.1 Å². The molecule has 2 atom stereocenters. The van der Waals surface area contributed by atoms with Gasteiger partial charge in [-0.05, 0) is 48.2 Å². The maximum atomic E-state index is 13.0. The largest absolute Gasteiger partial charge is 0.363 e. The third kappa shape index (κ3) is 5.40. The Bertz CT molecular complexity index is 764. The second-order valence-electron chi connectivity index (χ2n) is 6.57. The molecule has 0 bridgehead atoms. The van der Waals surface area contributed by atoms with Gasteiger partial charge in [-0.25, -0.2) is 4.39 Å². The minimum Gasteiger partial charge on any atom is -0.363 e. The number of hydrogen-bond acceptors (Lipinski definition) is 3. The van der Waals surface area contributed by atoms with Crippen LogP contribution in [0.25, 0.3) is 0 Å². The van der Waals surface area contributed by atoms with Crippen LogP contribution in [0.2, 0.25) is 0 Å². The molecule has 26 heavy (non-hydrogen) atoms. The van der Waals surface area contributed by atoms with Crippen molar-refractivity contribution < 1.29 is 13.9 Å². The number of benzene rings is 2. The number of rotatable bonds is 7. The highest BCUT2D eigenvalue weighted by atomic mass is 19.1. The molecule has 0 heterocycles. The average Bonchev–Trinajstić information content (AvgIpc) is 2.63. The molecule has 2 aromatic rings. The number of nitriles is 1. The summed E-state index contributed by atoms with van der Waals surface area (Å²) in [5.41, 5.74) is 2.30. The Hall–Kier alpha value is -2.71. The maximum absolute atomic E-state index is 13.0. The van der Waals surface area contributed by atoms with Gasteiger partial charge in [0.05, 0.1) is 24.3 Å². The van der Waals surface area contributed by atoms with Crippen molar-refractivity contribution in [2.24, 2.45) is 5.92 Å². The van der Waals surface area contributed by atoms with Crippen LogP contribution in [0.15, 0.2) is 48.5 Å². The van der Waals surface area contributed by atoms with E-state index in [0.717, 1.165) is 11.1 Å². The molecule has 2 rings (SSSR count). The van der Waals surface area contributed by atoms with E-state index < -0.39 is 6.10 Å². The Labute approximate surface area is 153 Å². The van der Waals surface area contributed by atoms with Gasteiger partial charge in [-0.15, -0.1) is 0 Å². The fourth-order valence-electron chi connectivity index (χ4n) is 2.56. The van der Waals surface area contributed by atoms with Crippen LogP contribution in [0.4, 0.5) is 4.39 Å². The molecule has 4 nitrogen and oxygen atoms in total. The predicted octanol–water partition coefficient (Wildman–Crippen LogP) is 4.12. The van der Waals surface area contributed by atoms with Crippen molar-refractivity contribution in [2.45, 2.75) is 39.5 Å². The molecular weight excluding hydrogens is 331 g/mol. The topological polar surface area (TPSA) is 62.1 Å². The first-order valence-corrected chi connectivity index (χ1v) is 8.57. The summed E-state index contributed by atoms with van der Waals surface area (Å²) in [7, 11) is 0. The summed E-state index contributed by atoms with van der Waals surface area (Å²) in [6, 6.07) is 15.0. The van der Waals surface area contributed by atoms with Gasteiger partial charge in [-0.3, -0.25) is 4.79 Å².